The smallest absolute Gasteiger partial charge is 0.255 e. The summed E-state index contributed by atoms with van der Waals surface area (Å²) in [6, 6.07) is 19.3. The van der Waals surface area contributed by atoms with Gasteiger partial charge in [0.25, 0.3) is 5.91 Å². The number of pyridine rings is 1. The van der Waals surface area contributed by atoms with Gasteiger partial charge in [-0.15, -0.1) is 0 Å². The number of aromatic nitrogens is 1. The maximum atomic E-state index is 12.2. The van der Waals surface area contributed by atoms with E-state index in [1.165, 1.54) is 0 Å². The van der Waals surface area contributed by atoms with E-state index in [0.29, 0.717) is 12.1 Å². The fraction of sp³-hybridized carbons (Fsp3) is 0.100. The van der Waals surface area contributed by atoms with Gasteiger partial charge >= 0.3 is 0 Å². The molecule has 0 spiro atoms. The number of amides is 1. The minimum atomic E-state index is -0.229. The molecule has 1 amide bonds. The Labute approximate surface area is 156 Å². The molecule has 3 rings (SSSR count). The molecule has 0 aliphatic heterocycles. The largest absolute Gasteiger partial charge is 0.497 e. The number of carbonyl (C=O) groups excluding carboxylic acids is 1. The summed E-state index contributed by atoms with van der Waals surface area (Å²) in [5.41, 5.74) is 7.12. The van der Waals surface area contributed by atoms with Crippen LogP contribution < -0.4 is 15.8 Å². The maximum absolute atomic E-state index is 12.2. The van der Waals surface area contributed by atoms with Crippen LogP contribution in [0.3, 0.4) is 0 Å². The molecule has 2 aromatic carbocycles. The molecular weight excluding hydrogens is 346 g/mol. The number of rotatable bonds is 6. The van der Waals surface area contributed by atoms with Crippen LogP contribution in [0.5, 0.6) is 5.75 Å². The Hall–Kier alpha value is -2.99. The Bertz CT molecular complexity index is 880. The fourth-order valence-corrected chi connectivity index (χ4v) is 3.16. The summed E-state index contributed by atoms with van der Waals surface area (Å²) >= 11 is 1.67. The Morgan fingerprint density at radius 3 is 2.35 bits per heavy atom. The first kappa shape index (κ1) is 17.8. The summed E-state index contributed by atoms with van der Waals surface area (Å²) < 4.78 is 5.17. The topological polar surface area (TPSA) is 77.2 Å². The highest BCUT2D eigenvalue weighted by Gasteiger charge is 2.09. The van der Waals surface area contributed by atoms with Crippen molar-refractivity contribution >= 4 is 23.5 Å². The van der Waals surface area contributed by atoms with E-state index in [9.17, 15) is 4.79 Å². The minimum absolute atomic E-state index is 0.229. The third-order valence-electron chi connectivity index (χ3n) is 3.75. The van der Waals surface area contributed by atoms with Crippen LogP contribution in [0, 0.1) is 0 Å². The van der Waals surface area contributed by atoms with Crippen molar-refractivity contribution in [2.75, 3.05) is 12.8 Å². The molecule has 0 aliphatic rings. The van der Waals surface area contributed by atoms with E-state index in [1.807, 2.05) is 48.5 Å². The third kappa shape index (κ3) is 4.55. The molecule has 0 atom stereocenters. The molecule has 0 radical (unpaired) electrons. The Kier molecular flexibility index (Phi) is 5.76. The molecule has 132 valence electrons. The molecule has 26 heavy (non-hydrogen) atoms. The summed E-state index contributed by atoms with van der Waals surface area (Å²) in [6.07, 6.45) is 1.56. The highest BCUT2D eigenvalue weighted by molar-refractivity contribution is 7.99. The highest BCUT2D eigenvalue weighted by atomic mass is 32.2. The van der Waals surface area contributed by atoms with Crippen LogP contribution in [0.1, 0.15) is 15.9 Å². The number of anilines is 1. The number of hydrogen-bond acceptors (Lipinski definition) is 5. The third-order valence-corrected chi connectivity index (χ3v) is 4.77. The van der Waals surface area contributed by atoms with Crippen LogP contribution in [0.2, 0.25) is 0 Å². The normalized spacial score (nSPS) is 10.3. The molecule has 3 N–H and O–H groups in total. The molecule has 3 aromatic rings. The average Bonchev–Trinajstić information content (AvgIpc) is 2.68. The number of carbonyl (C=O) groups is 1. The van der Waals surface area contributed by atoms with Gasteiger partial charge < -0.3 is 15.8 Å². The van der Waals surface area contributed by atoms with Gasteiger partial charge in [-0.1, -0.05) is 23.9 Å². The van der Waals surface area contributed by atoms with Crippen molar-refractivity contribution in [3.8, 4) is 5.75 Å². The van der Waals surface area contributed by atoms with Crippen molar-refractivity contribution in [2.24, 2.45) is 0 Å². The molecule has 0 aliphatic carbocycles. The van der Waals surface area contributed by atoms with Gasteiger partial charge in [-0.05, 0) is 54.1 Å². The van der Waals surface area contributed by atoms with Crippen molar-refractivity contribution in [3.63, 3.8) is 0 Å². The molecule has 1 heterocycles. The number of nitrogens with two attached hydrogens (primary N) is 1. The molecular formula is C20H19N3O2S. The Morgan fingerprint density at radius 2 is 1.73 bits per heavy atom. The number of nitrogens with one attached hydrogen (secondary N) is 1. The van der Waals surface area contributed by atoms with Gasteiger partial charge in [-0.2, -0.15) is 0 Å². The summed E-state index contributed by atoms with van der Waals surface area (Å²) in [6.45, 7) is 0.431. The number of nitrogen functional groups attached to an aromatic ring is 1. The average molecular weight is 365 g/mol. The molecule has 0 unspecified atom stereocenters. The predicted octanol–water partition coefficient (Wildman–Crippen LogP) is 3.75. The van der Waals surface area contributed by atoms with Gasteiger partial charge in [-0.25, -0.2) is 4.98 Å². The van der Waals surface area contributed by atoms with Gasteiger partial charge in [-0.3, -0.25) is 4.79 Å². The van der Waals surface area contributed by atoms with E-state index in [0.717, 1.165) is 21.1 Å². The van der Waals surface area contributed by atoms with Crippen molar-refractivity contribution in [2.45, 2.75) is 16.3 Å². The van der Waals surface area contributed by atoms with Gasteiger partial charge in [0.05, 0.1) is 12.7 Å². The monoisotopic (exact) mass is 365 g/mol. The zero-order chi connectivity index (χ0) is 18.4. The molecule has 0 saturated heterocycles. The van der Waals surface area contributed by atoms with Crippen LogP contribution in [0.4, 0.5) is 5.82 Å². The van der Waals surface area contributed by atoms with Crippen LogP contribution >= 0.6 is 11.8 Å². The van der Waals surface area contributed by atoms with Crippen LogP contribution in [-0.4, -0.2) is 18.0 Å². The molecule has 1 aromatic heterocycles. The lowest BCUT2D eigenvalue weighted by Crippen LogP contribution is -2.24. The molecule has 5 nitrogen and oxygen atoms in total. The van der Waals surface area contributed by atoms with Crippen molar-refractivity contribution < 1.29 is 9.53 Å². The summed E-state index contributed by atoms with van der Waals surface area (Å²) in [7, 11) is 1.66. The molecule has 0 saturated carbocycles. The van der Waals surface area contributed by atoms with E-state index >= 15 is 0 Å². The summed E-state index contributed by atoms with van der Waals surface area (Å²) in [5.74, 6) is 0.846. The lowest BCUT2D eigenvalue weighted by Gasteiger charge is -2.08. The van der Waals surface area contributed by atoms with Crippen molar-refractivity contribution in [3.05, 3.63) is 78.0 Å². The lowest BCUT2D eigenvalue weighted by atomic mass is 10.2. The SMILES string of the molecule is COc1ccc(Sc2ccc(CNC(=O)c3cccnc3N)cc2)cc1. The quantitative estimate of drug-likeness (QED) is 0.696. The van der Waals surface area contributed by atoms with E-state index in [4.69, 9.17) is 10.5 Å². The number of ether oxygens (including phenoxy) is 1. The number of benzene rings is 2. The van der Waals surface area contributed by atoms with Crippen molar-refractivity contribution in [1.82, 2.24) is 10.3 Å². The lowest BCUT2D eigenvalue weighted by molar-refractivity contribution is 0.0951. The Morgan fingerprint density at radius 1 is 1.08 bits per heavy atom. The second kappa shape index (κ2) is 8.40. The summed E-state index contributed by atoms with van der Waals surface area (Å²) in [4.78, 5) is 18.3. The second-order valence-corrected chi connectivity index (χ2v) is 6.69. The van der Waals surface area contributed by atoms with Gasteiger partial charge in [0, 0.05) is 22.5 Å². The summed E-state index contributed by atoms with van der Waals surface area (Å²) in [5, 5.41) is 2.86. The number of hydrogen-bond donors (Lipinski definition) is 2. The molecule has 6 heteroatoms. The first-order chi connectivity index (χ1) is 12.7. The van der Waals surface area contributed by atoms with E-state index < -0.39 is 0 Å². The fourth-order valence-electron chi connectivity index (χ4n) is 2.34. The van der Waals surface area contributed by atoms with Gasteiger partial charge in [0.2, 0.25) is 0 Å². The van der Waals surface area contributed by atoms with Gasteiger partial charge in [0.15, 0.2) is 0 Å². The molecule has 0 fully saturated rings. The van der Waals surface area contributed by atoms with E-state index in [1.54, 1.807) is 37.2 Å². The first-order valence-corrected chi connectivity index (χ1v) is 8.87. The van der Waals surface area contributed by atoms with Gasteiger partial charge in [0.1, 0.15) is 11.6 Å². The second-order valence-electron chi connectivity index (χ2n) is 5.54. The van der Waals surface area contributed by atoms with Crippen LogP contribution in [0.15, 0.2) is 76.7 Å². The first-order valence-electron chi connectivity index (χ1n) is 8.05. The van der Waals surface area contributed by atoms with Crippen LogP contribution in [0.25, 0.3) is 0 Å². The van der Waals surface area contributed by atoms with Crippen molar-refractivity contribution in [1.29, 1.82) is 0 Å². The zero-order valence-electron chi connectivity index (χ0n) is 14.3. The number of nitrogens with zero attached hydrogens (tertiary/aromatic N) is 1. The number of methoxy groups -OCH3 is 1. The minimum Gasteiger partial charge on any atom is -0.497 e. The molecule has 0 bridgehead atoms. The Balaban J connectivity index is 1.57. The highest BCUT2D eigenvalue weighted by Crippen LogP contribution is 2.29. The standard InChI is InChI=1S/C20H19N3O2S/c1-25-15-6-10-17(11-7-15)26-16-8-4-14(5-9-16)13-23-20(24)18-3-2-12-22-19(18)21/h2-12H,13H2,1H3,(H2,21,22)(H,23,24). The zero-order valence-corrected chi connectivity index (χ0v) is 15.1. The van der Waals surface area contributed by atoms with E-state index in [2.05, 4.69) is 10.3 Å². The predicted molar refractivity (Wildman–Crippen MR) is 103 cm³/mol. The maximum Gasteiger partial charge on any atom is 0.255 e. The van der Waals surface area contributed by atoms with Crippen LogP contribution in [-0.2, 0) is 6.54 Å². The van der Waals surface area contributed by atoms with E-state index in [-0.39, 0.29) is 11.7 Å².